The van der Waals surface area contributed by atoms with Gasteiger partial charge in [0, 0.05) is 19.3 Å². The molecule has 1 aliphatic heterocycles. The molecule has 2 aromatic carbocycles. The number of fused-ring (bicyclic) bond motifs is 1. The Morgan fingerprint density at radius 1 is 1.03 bits per heavy atom. The lowest BCUT2D eigenvalue weighted by molar-refractivity contribution is 0.0691. The second-order valence-electron chi connectivity index (χ2n) is 8.87. The average Bonchev–Trinajstić information content (AvgIpc) is 2.81. The van der Waals surface area contributed by atoms with E-state index in [4.69, 9.17) is 14.2 Å². The topological polar surface area (TPSA) is 91.9 Å². The van der Waals surface area contributed by atoms with E-state index < -0.39 is 5.60 Å². The molecule has 1 N–H and O–H groups in total. The largest absolute Gasteiger partial charge is 0.493 e. The molecule has 8 heteroatoms. The minimum Gasteiger partial charge on any atom is -0.493 e. The SMILES string of the molecule is COc1ccc(Cn2c(=O)c3cc(C(C)(C)O)ccc3n(C3CCOCC3)c2=O)cc1OC. The molecule has 0 atom stereocenters. The van der Waals surface area contributed by atoms with Gasteiger partial charge < -0.3 is 19.3 Å². The van der Waals surface area contributed by atoms with Crippen molar-refractivity contribution in [3.8, 4) is 11.5 Å². The molecule has 176 valence electrons. The zero-order valence-corrected chi connectivity index (χ0v) is 19.5. The predicted molar refractivity (Wildman–Crippen MR) is 125 cm³/mol. The first-order valence-corrected chi connectivity index (χ1v) is 11.0. The normalized spacial score (nSPS) is 15.1. The van der Waals surface area contributed by atoms with Crippen molar-refractivity contribution in [2.24, 2.45) is 0 Å². The number of methoxy groups -OCH3 is 2. The van der Waals surface area contributed by atoms with E-state index in [-0.39, 0.29) is 23.8 Å². The van der Waals surface area contributed by atoms with Gasteiger partial charge in [0.1, 0.15) is 0 Å². The van der Waals surface area contributed by atoms with Crippen LogP contribution in [0.25, 0.3) is 10.9 Å². The Kier molecular flexibility index (Phi) is 6.32. The third-order valence-electron chi connectivity index (χ3n) is 6.22. The second-order valence-corrected chi connectivity index (χ2v) is 8.87. The summed E-state index contributed by atoms with van der Waals surface area (Å²) in [5.41, 5.74) is 0.0669. The van der Waals surface area contributed by atoms with Crippen LogP contribution in [0.2, 0.25) is 0 Å². The van der Waals surface area contributed by atoms with Crippen LogP contribution in [-0.4, -0.2) is 41.7 Å². The Hall–Kier alpha value is -3.10. The van der Waals surface area contributed by atoms with Crippen LogP contribution in [0.5, 0.6) is 11.5 Å². The number of nitrogens with zero attached hydrogens (tertiary/aromatic N) is 2. The molecule has 8 nitrogen and oxygen atoms in total. The summed E-state index contributed by atoms with van der Waals surface area (Å²) in [7, 11) is 3.10. The molecule has 1 saturated heterocycles. The number of benzene rings is 2. The number of hydrogen-bond acceptors (Lipinski definition) is 6. The lowest BCUT2D eigenvalue weighted by Gasteiger charge is -2.27. The van der Waals surface area contributed by atoms with Gasteiger partial charge in [-0.25, -0.2) is 4.79 Å². The van der Waals surface area contributed by atoms with Crippen molar-refractivity contribution in [1.29, 1.82) is 0 Å². The van der Waals surface area contributed by atoms with Gasteiger partial charge in [-0.2, -0.15) is 0 Å². The van der Waals surface area contributed by atoms with Crippen LogP contribution in [-0.2, 0) is 16.9 Å². The van der Waals surface area contributed by atoms with E-state index in [0.717, 1.165) is 5.56 Å². The van der Waals surface area contributed by atoms with Gasteiger partial charge in [-0.15, -0.1) is 0 Å². The molecular formula is C25H30N2O6. The third-order valence-corrected chi connectivity index (χ3v) is 6.22. The molecule has 1 fully saturated rings. The molecule has 0 bridgehead atoms. The molecule has 0 radical (unpaired) electrons. The van der Waals surface area contributed by atoms with Gasteiger partial charge in [0.2, 0.25) is 0 Å². The van der Waals surface area contributed by atoms with Crippen molar-refractivity contribution >= 4 is 10.9 Å². The Labute approximate surface area is 191 Å². The van der Waals surface area contributed by atoms with Crippen LogP contribution in [0.15, 0.2) is 46.0 Å². The van der Waals surface area contributed by atoms with Crippen LogP contribution in [0, 0.1) is 0 Å². The van der Waals surface area contributed by atoms with Gasteiger partial charge in [-0.3, -0.25) is 13.9 Å². The number of hydrogen-bond donors (Lipinski definition) is 1. The van der Waals surface area contributed by atoms with Crippen LogP contribution < -0.4 is 20.7 Å². The highest BCUT2D eigenvalue weighted by Crippen LogP contribution is 2.29. The van der Waals surface area contributed by atoms with E-state index in [1.165, 1.54) is 4.57 Å². The molecule has 3 aromatic rings. The summed E-state index contributed by atoms with van der Waals surface area (Å²) in [6.45, 7) is 4.56. The summed E-state index contributed by atoms with van der Waals surface area (Å²) in [5, 5.41) is 10.9. The highest BCUT2D eigenvalue weighted by molar-refractivity contribution is 5.79. The number of aliphatic hydroxyl groups is 1. The van der Waals surface area contributed by atoms with Gasteiger partial charge in [0.25, 0.3) is 5.56 Å². The van der Waals surface area contributed by atoms with E-state index in [2.05, 4.69) is 0 Å². The standard InChI is InChI=1S/C25H30N2O6/c1-25(2,30)17-6-7-20-19(14-17)23(28)26(24(29)27(20)18-9-11-33-12-10-18)15-16-5-8-21(31-3)22(13-16)32-4/h5-8,13-14,18,30H,9-12,15H2,1-4H3. The zero-order chi connectivity index (χ0) is 23.8. The molecule has 1 aliphatic rings. The summed E-state index contributed by atoms with van der Waals surface area (Å²) in [5.74, 6) is 1.10. The smallest absolute Gasteiger partial charge is 0.332 e. The molecule has 1 aromatic heterocycles. The monoisotopic (exact) mass is 454 g/mol. The van der Waals surface area contributed by atoms with E-state index in [0.29, 0.717) is 54.0 Å². The number of ether oxygens (including phenoxy) is 3. The quantitative estimate of drug-likeness (QED) is 0.616. The zero-order valence-electron chi connectivity index (χ0n) is 19.5. The Morgan fingerprint density at radius 2 is 1.73 bits per heavy atom. The van der Waals surface area contributed by atoms with Crippen LogP contribution in [0.4, 0.5) is 0 Å². The maximum Gasteiger partial charge on any atom is 0.332 e. The molecule has 33 heavy (non-hydrogen) atoms. The molecule has 0 saturated carbocycles. The van der Waals surface area contributed by atoms with E-state index in [9.17, 15) is 14.7 Å². The van der Waals surface area contributed by atoms with Gasteiger partial charge in [0.15, 0.2) is 11.5 Å². The van der Waals surface area contributed by atoms with Crippen LogP contribution in [0.3, 0.4) is 0 Å². The third kappa shape index (κ3) is 4.41. The minimum absolute atomic E-state index is 0.0704. The first-order valence-electron chi connectivity index (χ1n) is 11.0. The Balaban J connectivity index is 1.93. The average molecular weight is 455 g/mol. The van der Waals surface area contributed by atoms with Crippen molar-refractivity contribution < 1.29 is 19.3 Å². The molecule has 0 aliphatic carbocycles. The van der Waals surface area contributed by atoms with Crippen LogP contribution >= 0.6 is 0 Å². The molecule has 0 unspecified atom stereocenters. The Bertz CT molecular complexity index is 1280. The maximum atomic E-state index is 13.6. The molecule has 2 heterocycles. The van der Waals surface area contributed by atoms with E-state index in [1.807, 2.05) is 6.07 Å². The Morgan fingerprint density at radius 3 is 2.36 bits per heavy atom. The van der Waals surface area contributed by atoms with Gasteiger partial charge in [-0.05, 0) is 62.1 Å². The fourth-order valence-corrected chi connectivity index (χ4v) is 4.36. The minimum atomic E-state index is -1.12. The van der Waals surface area contributed by atoms with Crippen LogP contribution in [0.1, 0.15) is 43.9 Å². The van der Waals surface area contributed by atoms with Gasteiger partial charge in [0.05, 0.1) is 37.3 Å². The van der Waals surface area contributed by atoms with Crippen molar-refractivity contribution in [2.75, 3.05) is 27.4 Å². The lowest BCUT2D eigenvalue weighted by Crippen LogP contribution is -2.42. The summed E-state index contributed by atoms with van der Waals surface area (Å²) >= 11 is 0. The first-order chi connectivity index (χ1) is 15.7. The maximum absolute atomic E-state index is 13.6. The summed E-state index contributed by atoms with van der Waals surface area (Å²) in [6, 6.07) is 10.5. The van der Waals surface area contributed by atoms with Crippen molar-refractivity contribution in [2.45, 2.75) is 44.9 Å². The van der Waals surface area contributed by atoms with E-state index in [1.54, 1.807) is 63.0 Å². The van der Waals surface area contributed by atoms with Gasteiger partial charge >= 0.3 is 5.69 Å². The number of rotatable bonds is 6. The summed E-state index contributed by atoms with van der Waals surface area (Å²) in [4.78, 5) is 27.2. The van der Waals surface area contributed by atoms with Gasteiger partial charge in [-0.1, -0.05) is 12.1 Å². The van der Waals surface area contributed by atoms with Crippen molar-refractivity contribution in [1.82, 2.24) is 9.13 Å². The lowest BCUT2D eigenvalue weighted by atomic mass is 9.96. The second kappa shape index (κ2) is 9.03. The highest BCUT2D eigenvalue weighted by Gasteiger charge is 2.24. The fraction of sp³-hybridized carbons (Fsp3) is 0.440. The fourth-order valence-electron chi connectivity index (χ4n) is 4.36. The number of aromatic nitrogens is 2. The van der Waals surface area contributed by atoms with Crippen molar-refractivity contribution in [3.63, 3.8) is 0 Å². The molecule has 0 amide bonds. The van der Waals surface area contributed by atoms with Crippen molar-refractivity contribution in [3.05, 3.63) is 68.4 Å². The first kappa shape index (κ1) is 23.1. The van der Waals surface area contributed by atoms with E-state index >= 15 is 0 Å². The molecule has 0 spiro atoms. The molecular weight excluding hydrogens is 424 g/mol. The highest BCUT2D eigenvalue weighted by atomic mass is 16.5. The summed E-state index contributed by atoms with van der Waals surface area (Å²) in [6.07, 6.45) is 1.38. The predicted octanol–water partition coefficient (Wildman–Crippen LogP) is 2.81. The summed E-state index contributed by atoms with van der Waals surface area (Å²) < 4.78 is 19.1. The molecule has 4 rings (SSSR count).